The van der Waals surface area contributed by atoms with Crippen LogP contribution >= 0.6 is 0 Å². The highest BCUT2D eigenvalue weighted by Crippen LogP contribution is 2.30. The van der Waals surface area contributed by atoms with E-state index in [-0.39, 0.29) is 25.0 Å². The Morgan fingerprint density at radius 3 is 2.17 bits per heavy atom. The highest BCUT2D eigenvalue weighted by atomic mass is 16.5. The maximum Gasteiger partial charge on any atom is 0.337 e. The number of carboxylic acid groups (broad SMARTS) is 1. The van der Waals surface area contributed by atoms with E-state index in [0.29, 0.717) is 19.3 Å². The number of carbonyl (C=O) groups is 4. The molecule has 40 heavy (non-hydrogen) atoms. The van der Waals surface area contributed by atoms with Crippen LogP contribution in [0.3, 0.4) is 0 Å². The van der Waals surface area contributed by atoms with Gasteiger partial charge in [0, 0.05) is 18.4 Å². The van der Waals surface area contributed by atoms with Crippen LogP contribution in [-0.2, 0) is 43.4 Å². The number of hydrogen-bond acceptors (Lipinski definition) is 5. The van der Waals surface area contributed by atoms with Crippen LogP contribution in [0.5, 0.6) is 0 Å². The quantitative estimate of drug-likeness (QED) is 0.107. The summed E-state index contributed by atoms with van der Waals surface area (Å²) in [6.07, 6.45) is 7.83. The van der Waals surface area contributed by atoms with Crippen molar-refractivity contribution < 1.29 is 29.0 Å². The number of carbonyl (C=O) groups excluding carboxylic acids is 3. The number of aryl methyl sites for hydroxylation is 2. The van der Waals surface area contributed by atoms with Gasteiger partial charge in [-0.25, -0.2) is 4.79 Å². The van der Waals surface area contributed by atoms with Crippen molar-refractivity contribution in [3.8, 4) is 0 Å². The molecule has 3 unspecified atom stereocenters. The zero-order valence-corrected chi connectivity index (χ0v) is 23.8. The molecule has 7 nitrogen and oxygen atoms in total. The lowest BCUT2D eigenvalue weighted by Gasteiger charge is -2.44. The van der Waals surface area contributed by atoms with Gasteiger partial charge in [-0.3, -0.25) is 14.4 Å². The number of amides is 1. The number of carboxylic acids is 1. The van der Waals surface area contributed by atoms with E-state index in [1.165, 1.54) is 35.3 Å². The van der Waals surface area contributed by atoms with Crippen LogP contribution in [0.25, 0.3) is 0 Å². The second-order valence-corrected chi connectivity index (χ2v) is 10.7. The van der Waals surface area contributed by atoms with E-state index in [1.807, 2.05) is 49.4 Å². The van der Waals surface area contributed by atoms with Crippen molar-refractivity contribution in [2.75, 3.05) is 0 Å². The minimum atomic E-state index is -1.43. The van der Waals surface area contributed by atoms with Gasteiger partial charge in [-0.15, -0.1) is 0 Å². The molecule has 2 aromatic carbocycles. The summed E-state index contributed by atoms with van der Waals surface area (Å²) in [5, 5.41) is 9.62. The molecule has 0 saturated carbocycles. The van der Waals surface area contributed by atoms with Gasteiger partial charge in [0.05, 0.1) is 6.42 Å². The molecule has 0 bridgehead atoms. The smallest absolute Gasteiger partial charge is 0.337 e. The number of hydrogen-bond donors (Lipinski definition) is 1. The molecule has 1 N–H and O–H groups in total. The lowest BCUT2D eigenvalue weighted by atomic mass is 9.85. The Bertz CT molecular complexity index is 1130. The lowest BCUT2D eigenvalue weighted by molar-refractivity contribution is -0.170. The molecule has 0 aromatic heterocycles. The molecule has 0 aliphatic carbocycles. The number of likely N-dealkylation sites (tertiary alicyclic amines) is 1. The zero-order chi connectivity index (χ0) is 28.9. The molecular formula is C33H43NO6. The number of β-lactam (4-membered cyclic amide) rings is 1. The van der Waals surface area contributed by atoms with Gasteiger partial charge >= 0.3 is 11.9 Å². The molecule has 0 spiro atoms. The minimum absolute atomic E-state index is 0.0269. The highest BCUT2D eigenvalue weighted by molar-refractivity contribution is 6.08. The van der Waals surface area contributed by atoms with E-state index >= 15 is 0 Å². The fourth-order valence-electron chi connectivity index (χ4n) is 5.47. The van der Waals surface area contributed by atoms with Crippen LogP contribution in [0.4, 0.5) is 0 Å². The van der Waals surface area contributed by atoms with Gasteiger partial charge < -0.3 is 14.7 Å². The summed E-state index contributed by atoms with van der Waals surface area (Å²) in [7, 11) is 0. The van der Waals surface area contributed by atoms with Crippen LogP contribution < -0.4 is 0 Å². The van der Waals surface area contributed by atoms with Gasteiger partial charge in [-0.2, -0.15) is 0 Å². The van der Waals surface area contributed by atoms with Crippen molar-refractivity contribution in [3.63, 3.8) is 0 Å². The van der Waals surface area contributed by atoms with Crippen molar-refractivity contribution >= 4 is 23.6 Å². The Labute approximate surface area is 237 Å². The Balaban J connectivity index is 1.72. The van der Waals surface area contributed by atoms with Gasteiger partial charge in [0.2, 0.25) is 5.91 Å². The van der Waals surface area contributed by atoms with Crippen molar-refractivity contribution in [1.82, 2.24) is 4.90 Å². The van der Waals surface area contributed by atoms with Crippen molar-refractivity contribution in [2.45, 2.75) is 103 Å². The lowest BCUT2D eigenvalue weighted by Crippen LogP contribution is -2.63. The monoisotopic (exact) mass is 549 g/mol. The molecule has 1 heterocycles. The minimum Gasteiger partial charge on any atom is -0.481 e. The molecule has 1 aliphatic rings. The summed E-state index contributed by atoms with van der Waals surface area (Å²) in [5.41, 5.74) is 3.27. The number of esters is 1. The number of aliphatic carboxylic acids is 1. The third-order valence-corrected chi connectivity index (χ3v) is 7.80. The van der Waals surface area contributed by atoms with E-state index in [0.717, 1.165) is 24.8 Å². The first-order valence-corrected chi connectivity index (χ1v) is 14.7. The highest BCUT2D eigenvalue weighted by Gasteiger charge is 2.48. The zero-order valence-electron chi connectivity index (χ0n) is 23.8. The number of ketones is 1. The molecule has 1 fully saturated rings. The second-order valence-electron chi connectivity index (χ2n) is 10.7. The summed E-state index contributed by atoms with van der Waals surface area (Å²) in [6, 6.07) is 15.7. The molecule has 1 aliphatic heterocycles. The Kier molecular flexibility index (Phi) is 12.4. The number of ether oxygens (including phenoxy) is 1. The van der Waals surface area contributed by atoms with E-state index in [9.17, 15) is 24.3 Å². The van der Waals surface area contributed by atoms with Crippen LogP contribution in [-0.4, -0.2) is 45.7 Å². The summed E-state index contributed by atoms with van der Waals surface area (Å²) >= 11 is 0. The summed E-state index contributed by atoms with van der Waals surface area (Å²) in [4.78, 5) is 52.8. The molecule has 1 saturated heterocycles. The first-order chi connectivity index (χ1) is 19.3. The number of benzene rings is 2. The van der Waals surface area contributed by atoms with Gasteiger partial charge in [-0.05, 0) is 55.2 Å². The Hall–Kier alpha value is -3.48. The average Bonchev–Trinajstić information content (AvgIpc) is 2.95. The number of rotatable bonds is 18. The van der Waals surface area contributed by atoms with Crippen LogP contribution in [0.1, 0.15) is 88.3 Å². The molecule has 2 aromatic rings. The standard InChI is InChI=1S/C33H43NO6/c1-3-5-6-10-16-25-17-11-12-18-26(25)19-13-20-27(21-30(36)37)32(38)31(34-28(4-2)22-29(34)35)33(39)40-23-24-14-8-7-9-15-24/h7-9,11-12,14-15,17-18,27-28,31H,3-6,10,13,16,19-23H2,1-2H3,(H,36,37). The maximum absolute atomic E-state index is 13.8. The summed E-state index contributed by atoms with van der Waals surface area (Å²) in [5.74, 6) is -3.62. The van der Waals surface area contributed by atoms with Crippen molar-refractivity contribution in [3.05, 3.63) is 71.3 Å². The third-order valence-electron chi connectivity index (χ3n) is 7.80. The molecule has 0 radical (unpaired) electrons. The SMILES string of the molecule is CCCCCCc1ccccc1CCCC(CC(=O)O)C(=O)C(C(=O)OCc1ccccc1)N1C(=O)CC1CC. The average molecular weight is 550 g/mol. The number of unbranched alkanes of at least 4 members (excludes halogenated alkanes) is 3. The van der Waals surface area contributed by atoms with Crippen molar-refractivity contribution in [1.29, 1.82) is 0 Å². The van der Waals surface area contributed by atoms with Crippen LogP contribution in [0.2, 0.25) is 0 Å². The predicted molar refractivity (Wildman–Crippen MR) is 154 cm³/mol. The van der Waals surface area contributed by atoms with Gasteiger partial charge in [0.15, 0.2) is 11.8 Å². The predicted octanol–water partition coefficient (Wildman–Crippen LogP) is 5.92. The largest absolute Gasteiger partial charge is 0.481 e. The topological polar surface area (TPSA) is 101 Å². The second kappa shape index (κ2) is 15.9. The first kappa shape index (κ1) is 31.1. The fraction of sp³-hybridized carbons (Fsp3) is 0.515. The molecular weight excluding hydrogens is 506 g/mol. The summed E-state index contributed by atoms with van der Waals surface area (Å²) in [6.45, 7) is 4.06. The first-order valence-electron chi connectivity index (χ1n) is 14.7. The van der Waals surface area contributed by atoms with E-state index in [1.54, 1.807) is 0 Å². The number of nitrogens with zero attached hydrogens (tertiary/aromatic N) is 1. The number of Topliss-reactive ketones (excluding diaryl/α,β-unsaturated/α-hetero) is 1. The fourth-order valence-corrected chi connectivity index (χ4v) is 5.47. The van der Waals surface area contributed by atoms with Gasteiger partial charge in [-0.1, -0.05) is 87.7 Å². The van der Waals surface area contributed by atoms with Crippen LogP contribution in [0, 0.1) is 5.92 Å². The molecule has 3 rings (SSSR count). The van der Waals surface area contributed by atoms with E-state index in [4.69, 9.17) is 4.74 Å². The van der Waals surface area contributed by atoms with Gasteiger partial charge in [0.25, 0.3) is 0 Å². The van der Waals surface area contributed by atoms with Crippen molar-refractivity contribution in [2.24, 2.45) is 5.92 Å². The van der Waals surface area contributed by atoms with E-state index in [2.05, 4.69) is 19.1 Å². The normalized spacial score (nSPS) is 16.2. The summed E-state index contributed by atoms with van der Waals surface area (Å²) < 4.78 is 5.51. The molecule has 1 amide bonds. The van der Waals surface area contributed by atoms with Gasteiger partial charge in [0.1, 0.15) is 6.61 Å². The Morgan fingerprint density at radius 2 is 1.57 bits per heavy atom. The third kappa shape index (κ3) is 8.77. The maximum atomic E-state index is 13.8. The molecule has 3 atom stereocenters. The molecule has 216 valence electrons. The van der Waals surface area contributed by atoms with Crippen LogP contribution in [0.15, 0.2) is 54.6 Å². The van der Waals surface area contributed by atoms with E-state index < -0.39 is 36.1 Å². The Morgan fingerprint density at radius 1 is 0.925 bits per heavy atom. The molecule has 7 heteroatoms.